The van der Waals surface area contributed by atoms with Crippen LogP contribution >= 0.6 is 0 Å². The van der Waals surface area contributed by atoms with Crippen LogP contribution in [0.15, 0.2) is 51.3 Å². The smallest absolute Gasteiger partial charge is 0.263 e. The number of methoxy groups -OCH3 is 2. The Morgan fingerprint density at radius 2 is 1.83 bits per heavy atom. The van der Waals surface area contributed by atoms with Gasteiger partial charge in [-0.3, -0.25) is 14.6 Å². The van der Waals surface area contributed by atoms with Gasteiger partial charge in [0.05, 0.1) is 19.9 Å². The van der Waals surface area contributed by atoms with Crippen LogP contribution in [0.2, 0.25) is 0 Å². The fourth-order valence-corrected chi connectivity index (χ4v) is 4.86. The van der Waals surface area contributed by atoms with Crippen molar-refractivity contribution in [3.8, 4) is 22.9 Å². The SMILES string of the molecule is COc1ccc(-c2noc(CN3N=N[C@@H]4C(=O)N(c5ccc6c(c5)CCC6)C(=O)[C@@H]43)n2)cc1OC. The average Bonchev–Trinajstić information content (AvgIpc) is 3.66. The van der Waals surface area contributed by atoms with Gasteiger partial charge in [0.1, 0.15) is 6.54 Å². The largest absolute Gasteiger partial charge is 0.493 e. The zero-order valence-electron chi connectivity index (χ0n) is 19.2. The maximum Gasteiger partial charge on any atom is 0.263 e. The molecule has 1 fully saturated rings. The van der Waals surface area contributed by atoms with Gasteiger partial charge in [0.2, 0.25) is 11.7 Å². The quantitative estimate of drug-likeness (QED) is 0.500. The number of benzene rings is 2. The number of carbonyl (C=O) groups excluding carboxylic acids is 2. The molecule has 0 N–H and O–H groups in total. The maximum atomic E-state index is 13.3. The molecule has 0 bridgehead atoms. The number of carbonyl (C=O) groups is 2. The summed E-state index contributed by atoms with van der Waals surface area (Å²) in [6.45, 7) is 0.0437. The Hall–Kier alpha value is -4.28. The molecule has 0 saturated carbocycles. The van der Waals surface area contributed by atoms with Crippen LogP contribution in [-0.4, -0.2) is 53.3 Å². The average molecular weight is 474 g/mol. The minimum Gasteiger partial charge on any atom is -0.493 e. The third-order valence-electron chi connectivity index (χ3n) is 6.61. The summed E-state index contributed by atoms with van der Waals surface area (Å²) in [5.41, 5.74) is 3.72. The Morgan fingerprint density at radius 3 is 2.66 bits per heavy atom. The van der Waals surface area contributed by atoms with Gasteiger partial charge < -0.3 is 14.0 Å². The van der Waals surface area contributed by atoms with Crippen molar-refractivity contribution in [2.24, 2.45) is 10.3 Å². The lowest BCUT2D eigenvalue weighted by molar-refractivity contribution is -0.123. The summed E-state index contributed by atoms with van der Waals surface area (Å²) >= 11 is 0. The van der Waals surface area contributed by atoms with Crippen LogP contribution in [0.1, 0.15) is 23.4 Å². The van der Waals surface area contributed by atoms with Crippen molar-refractivity contribution >= 4 is 17.5 Å². The van der Waals surface area contributed by atoms with E-state index in [1.165, 1.54) is 21.0 Å². The number of anilines is 1. The zero-order chi connectivity index (χ0) is 24.1. The van der Waals surface area contributed by atoms with Crippen molar-refractivity contribution in [1.29, 1.82) is 0 Å². The summed E-state index contributed by atoms with van der Waals surface area (Å²) < 4.78 is 16.0. The van der Waals surface area contributed by atoms with E-state index in [4.69, 9.17) is 14.0 Å². The molecule has 0 spiro atoms. The lowest BCUT2D eigenvalue weighted by atomic mass is 10.1. The summed E-state index contributed by atoms with van der Waals surface area (Å²) in [4.78, 5) is 32.0. The number of imide groups is 1. The zero-order valence-corrected chi connectivity index (χ0v) is 19.2. The van der Waals surface area contributed by atoms with Gasteiger partial charge in [-0.2, -0.15) is 10.1 Å². The molecule has 11 nitrogen and oxygen atoms in total. The van der Waals surface area contributed by atoms with Crippen molar-refractivity contribution in [2.75, 3.05) is 19.1 Å². The normalized spacial score (nSPS) is 20.5. The Balaban J connectivity index is 1.21. The molecule has 0 unspecified atom stereocenters. The molecular weight excluding hydrogens is 452 g/mol. The maximum absolute atomic E-state index is 13.3. The molecular formula is C24H22N6O5. The first kappa shape index (κ1) is 21.3. The van der Waals surface area contributed by atoms with Gasteiger partial charge >= 0.3 is 0 Å². The van der Waals surface area contributed by atoms with E-state index >= 15 is 0 Å². The monoisotopic (exact) mass is 474 g/mol. The van der Waals surface area contributed by atoms with E-state index in [1.807, 2.05) is 18.2 Å². The van der Waals surface area contributed by atoms with E-state index in [0.717, 1.165) is 19.3 Å². The molecule has 1 aliphatic carbocycles. The van der Waals surface area contributed by atoms with E-state index in [0.29, 0.717) is 28.6 Å². The van der Waals surface area contributed by atoms with Gasteiger partial charge in [-0.25, -0.2) is 4.90 Å². The predicted octanol–water partition coefficient (Wildman–Crippen LogP) is 2.74. The first-order chi connectivity index (χ1) is 17.1. The third kappa shape index (κ3) is 3.42. The number of fused-ring (bicyclic) bond motifs is 2. The lowest BCUT2D eigenvalue weighted by Gasteiger charge is -2.19. The van der Waals surface area contributed by atoms with Crippen LogP contribution < -0.4 is 14.4 Å². The molecule has 2 aromatic carbocycles. The molecule has 1 saturated heterocycles. The Labute approximate surface area is 200 Å². The van der Waals surface area contributed by atoms with Crippen molar-refractivity contribution in [2.45, 2.75) is 37.9 Å². The van der Waals surface area contributed by atoms with Crippen LogP contribution in [0, 0.1) is 0 Å². The first-order valence-corrected chi connectivity index (χ1v) is 11.3. The number of aromatic nitrogens is 2. The van der Waals surface area contributed by atoms with E-state index < -0.39 is 12.1 Å². The molecule has 11 heteroatoms. The second-order valence-electron chi connectivity index (χ2n) is 8.59. The molecule has 0 radical (unpaired) electrons. The number of hydrogen-bond donors (Lipinski definition) is 0. The molecule has 6 rings (SSSR count). The van der Waals surface area contributed by atoms with Gasteiger partial charge in [0, 0.05) is 5.56 Å². The molecule has 3 heterocycles. The number of aryl methyl sites for hydroxylation is 2. The van der Waals surface area contributed by atoms with Crippen LogP contribution in [0.25, 0.3) is 11.4 Å². The van der Waals surface area contributed by atoms with E-state index in [2.05, 4.69) is 20.5 Å². The van der Waals surface area contributed by atoms with Crippen LogP contribution in [-0.2, 0) is 29.0 Å². The molecule has 3 aromatic rings. The van der Waals surface area contributed by atoms with Crippen molar-refractivity contribution in [1.82, 2.24) is 15.1 Å². The van der Waals surface area contributed by atoms with Crippen molar-refractivity contribution in [3.05, 3.63) is 53.4 Å². The van der Waals surface area contributed by atoms with E-state index in [-0.39, 0.29) is 24.2 Å². The summed E-state index contributed by atoms with van der Waals surface area (Å²) in [6.07, 6.45) is 3.07. The van der Waals surface area contributed by atoms with Crippen molar-refractivity contribution in [3.63, 3.8) is 0 Å². The highest BCUT2D eigenvalue weighted by Crippen LogP contribution is 2.35. The number of ether oxygens (including phenoxy) is 2. The highest BCUT2D eigenvalue weighted by molar-refractivity contribution is 6.25. The molecule has 35 heavy (non-hydrogen) atoms. The van der Waals surface area contributed by atoms with Crippen molar-refractivity contribution < 1.29 is 23.6 Å². The second-order valence-corrected chi connectivity index (χ2v) is 8.59. The molecule has 178 valence electrons. The minimum absolute atomic E-state index is 0.0437. The molecule has 1 aromatic heterocycles. The molecule has 3 aliphatic rings. The van der Waals surface area contributed by atoms with Gasteiger partial charge in [-0.1, -0.05) is 16.4 Å². The minimum atomic E-state index is -0.885. The number of hydrogen-bond acceptors (Lipinski definition) is 10. The summed E-state index contributed by atoms with van der Waals surface area (Å²) in [6, 6.07) is 9.32. The number of nitrogens with zero attached hydrogens (tertiary/aromatic N) is 6. The highest BCUT2D eigenvalue weighted by atomic mass is 16.5. The Kier molecular flexibility index (Phi) is 4.97. The first-order valence-electron chi connectivity index (χ1n) is 11.3. The summed E-state index contributed by atoms with van der Waals surface area (Å²) in [7, 11) is 3.10. The fraction of sp³-hybridized carbons (Fsp3) is 0.333. The van der Waals surface area contributed by atoms with Crippen LogP contribution in [0.5, 0.6) is 11.5 Å². The Morgan fingerprint density at radius 1 is 1.00 bits per heavy atom. The Bertz CT molecular complexity index is 1370. The fourth-order valence-electron chi connectivity index (χ4n) is 4.86. The van der Waals surface area contributed by atoms with Gasteiger partial charge in [0.15, 0.2) is 23.6 Å². The lowest BCUT2D eigenvalue weighted by Crippen LogP contribution is -2.39. The number of amides is 2. The van der Waals surface area contributed by atoms with E-state index in [9.17, 15) is 9.59 Å². The third-order valence-corrected chi connectivity index (χ3v) is 6.61. The van der Waals surface area contributed by atoms with E-state index in [1.54, 1.807) is 32.4 Å². The summed E-state index contributed by atoms with van der Waals surface area (Å²) in [5, 5.41) is 13.6. The van der Waals surface area contributed by atoms with Gasteiger partial charge in [-0.15, -0.1) is 0 Å². The topological polar surface area (TPSA) is 123 Å². The van der Waals surface area contributed by atoms with Gasteiger partial charge in [0.25, 0.3) is 11.8 Å². The standard InChI is InChI=1S/C24H22N6O5/c1-33-17-9-7-15(11-18(17)34-2)22-25-19(35-27-22)12-29-21-20(26-28-29)23(31)30(24(21)32)16-8-6-13-4-3-5-14(13)10-16/h6-11,20-21H,3-5,12H2,1-2H3/t20-,21+/m0/s1. The van der Waals surface area contributed by atoms with Crippen LogP contribution in [0.4, 0.5) is 5.69 Å². The molecule has 2 amide bonds. The molecule has 2 atom stereocenters. The summed E-state index contributed by atoms with van der Waals surface area (Å²) in [5.74, 6) is 0.978. The highest BCUT2D eigenvalue weighted by Gasteiger charge is 2.55. The van der Waals surface area contributed by atoms with Gasteiger partial charge in [-0.05, 0) is 60.7 Å². The van der Waals surface area contributed by atoms with Crippen LogP contribution in [0.3, 0.4) is 0 Å². The molecule has 2 aliphatic heterocycles. The second kappa shape index (κ2) is 8.19. The number of rotatable bonds is 6. The predicted molar refractivity (Wildman–Crippen MR) is 122 cm³/mol.